The lowest BCUT2D eigenvalue weighted by atomic mass is 9.76. The molecule has 1 unspecified atom stereocenters. The highest BCUT2D eigenvalue weighted by Gasteiger charge is 2.39. The van der Waals surface area contributed by atoms with Gasteiger partial charge < -0.3 is 24.6 Å². The Hall–Kier alpha value is -3.56. The zero-order valence-electron chi connectivity index (χ0n) is 23.1. The van der Waals surface area contributed by atoms with Gasteiger partial charge in [0.15, 0.2) is 0 Å². The van der Waals surface area contributed by atoms with E-state index in [1.165, 1.54) is 5.56 Å². The van der Waals surface area contributed by atoms with Crippen LogP contribution >= 0.6 is 0 Å². The van der Waals surface area contributed by atoms with Gasteiger partial charge >= 0.3 is 0 Å². The molecule has 0 aliphatic carbocycles. The van der Waals surface area contributed by atoms with Crippen LogP contribution in [0.3, 0.4) is 0 Å². The fourth-order valence-electron chi connectivity index (χ4n) is 6.10. The van der Waals surface area contributed by atoms with Crippen LogP contribution in [0.4, 0.5) is 5.69 Å². The van der Waals surface area contributed by atoms with Crippen molar-refractivity contribution in [1.82, 2.24) is 15.1 Å². The van der Waals surface area contributed by atoms with Crippen molar-refractivity contribution in [3.63, 3.8) is 0 Å². The number of aldehydes is 2. The van der Waals surface area contributed by atoms with Crippen LogP contribution in [-0.4, -0.2) is 93.2 Å². The molecule has 212 valence electrons. The van der Waals surface area contributed by atoms with Gasteiger partial charge in [0.2, 0.25) is 5.91 Å². The second-order valence-electron chi connectivity index (χ2n) is 11.3. The number of rotatable bonds is 12. The standard InChI is InChI=1S/C31H38N4O5/c1-32-29(38)28(3-2-16-36)35-19-25-17-26(8-9-27(25)30(35)39)34-14-12-33(13-15-34)11-10-31(21-40-22-31)18-23-4-6-24(20-37)7-5-23/h4-9,16-17,20,28H,2-3,10-15,18-19,21-22H2,1H3,(H,32,38). The summed E-state index contributed by atoms with van der Waals surface area (Å²) < 4.78 is 5.63. The van der Waals surface area contributed by atoms with Gasteiger partial charge in [-0.2, -0.15) is 0 Å². The number of amides is 2. The number of carbonyl (C=O) groups is 4. The van der Waals surface area contributed by atoms with E-state index in [9.17, 15) is 19.2 Å². The molecule has 2 aromatic carbocycles. The van der Waals surface area contributed by atoms with E-state index in [0.29, 0.717) is 24.1 Å². The Morgan fingerprint density at radius 2 is 1.82 bits per heavy atom. The molecular formula is C31H38N4O5. The lowest BCUT2D eigenvalue weighted by Gasteiger charge is -2.44. The van der Waals surface area contributed by atoms with Crippen LogP contribution in [0.5, 0.6) is 0 Å². The van der Waals surface area contributed by atoms with Gasteiger partial charge in [-0.25, -0.2) is 0 Å². The largest absolute Gasteiger partial charge is 0.380 e. The number of likely N-dealkylation sites (N-methyl/N-ethyl adjacent to an activating group) is 1. The first kappa shape index (κ1) is 28.0. The summed E-state index contributed by atoms with van der Waals surface area (Å²) in [7, 11) is 1.55. The third-order valence-electron chi connectivity index (χ3n) is 8.61. The number of ether oxygens (including phenoxy) is 1. The average Bonchev–Trinajstić information content (AvgIpc) is 3.30. The van der Waals surface area contributed by atoms with Crippen molar-refractivity contribution in [2.75, 3.05) is 57.9 Å². The van der Waals surface area contributed by atoms with Gasteiger partial charge in [-0.1, -0.05) is 24.3 Å². The van der Waals surface area contributed by atoms with Crippen LogP contribution in [-0.2, 0) is 27.3 Å². The van der Waals surface area contributed by atoms with Crippen molar-refractivity contribution in [2.24, 2.45) is 5.41 Å². The third kappa shape index (κ3) is 5.95. The topological polar surface area (TPSA) is 99.3 Å². The Balaban J connectivity index is 1.15. The van der Waals surface area contributed by atoms with Gasteiger partial charge in [-0.3, -0.25) is 19.3 Å². The van der Waals surface area contributed by atoms with Crippen LogP contribution in [0.2, 0.25) is 0 Å². The van der Waals surface area contributed by atoms with Gasteiger partial charge in [-0.05, 0) is 55.1 Å². The van der Waals surface area contributed by atoms with E-state index in [1.54, 1.807) is 11.9 Å². The summed E-state index contributed by atoms with van der Waals surface area (Å²) in [5.41, 5.74) is 4.78. The molecule has 0 spiro atoms. The zero-order chi connectivity index (χ0) is 28.1. The summed E-state index contributed by atoms with van der Waals surface area (Å²) in [4.78, 5) is 53.9. The summed E-state index contributed by atoms with van der Waals surface area (Å²) in [6.45, 7) is 6.72. The second-order valence-corrected chi connectivity index (χ2v) is 11.3. The molecule has 0 bridgehead atoms. The maximum atomic E-state index is 13.1. The summed E-state index contributed by atoms with van der Waals surface area (Å²) in [5, 5.41) is 2.63. The van der Waals surface area contributed by atoms with Crippen molar-refractivity contribution >= 4 is 30.1 Å². The van der Waals surface area contributed by atoms with E-state index in [1.807, 2.05) is 24.3 Å². The summed E-state index contributed by atoms with van der Waals surface area (Å²) >= 11 is 0. The fourth-order valence-corrected chi connectivity index (χ4v) is 6.10. The molecule has 2 aromatic rings. The molecule has 5 rings (SSSR count). The van der Waals surface area contributed by atoms with Crippen molar-refractivity contribution in [2.45, 2.75) is 38.3 Å². The number of benzene rings is 2. The summed E-state index contributed by atoms with van der Waals surface area (Å²) in [5.74, 6) is -0.398. The van der Waals surface area contributed by atoms with Crippen LogP contribution in [0.15, 0.2) is 42.5 Å². The number of carbonyl (C=O) groups excluding carboxylic acids is 4. The van der Waals surface area contributed by atoms with Crippen LogP contribution in [0.25, 0.3) is 0 Å². The molecule has 9 heteroatoms. The first-order valence-electron chi connectivity index (χ1n) is 14.1. The fraction of sp³-hybridized carbons (Fsp3) is 0.484. The van der Waals surface area contributed by atoms with Crippen molar-refractivity contribution in [3.05, 3.63) is 64.7 Å². The highest BCUT2D eigenvalue weighted by molar-refractivity contribution is 6.01. The minimum atomic E-state index is -0.651. The Kier molecular flexibility index (Phi) is 8.61. The second kappa shape index (κ2) is 12.3. The Labute approximate surface area is 235 Å². The molecule has 0 aromatic heterocycles. The molecule has 40 heavy (non-hydrogen) atoms. The SMILES string of the molecule is CNC(=O)C(CCC=O)N1Cc2cc(N3CCN(CCC4(Cc5ccc(C=O)cc5)COC4)CC3)ccc2C1=O. The quantitative estimate of drug-likeness (QED) is 0.408. The van der Waals surface area contributed by atoms with Gasteiger partial charge in [0.05, 0.1) is 13.2 Å². The van der Waals surface area contributed by atoms with Gasteiger partial charge in [0.1, 0.15) is 18.6 Å². The number of hydrogen-bond donors (Lipinski definition) is 1. The van der Waals surface area contributed by atoms with Crippen LogP contribution < -0.4 is 10.2 Å². The van der Waals surface area contributed by atoms with Gasteiger partial charge in [0, 0.05) is 68.4 Å². The maximum Gasteiger partial charge on any atom is 0.255 e. The Morgan fingerprint density at radius 3 is 2.45 bits per heavy atom. The molecular weight excluding hydrogens is 508 g/mol. The van der Waals surface area contributed by atoms with E-state index in [0.717, 1.165) is 82.6 Å². The molecule has 9 nitrogen and oxygen atoms in total. The van der Waals surface area contributed by atoms with Crippen molar-refractivity contribution in [1.29, 1.82) is 0 Å². The molecule has 2 amide bonds. The molecule has 2 fully saturated rings. The lowest BCUT2D eigenvalue weighted by molar-refractivity contribution is -0.125. The highest BCUT2D eigenvalue weighted by atomic mass is 16.5. The molecule has 1 N–H and O–H groups in total. The average molecular weight is 547 g/mol. The first-order valence-corrected chi connectivity index (χ1v) is 14.1. The molecule has 0 radical (unpaired) electrons. The number of nitrogens with zero attached hydrogens (tertiary/aromatic N) is 3. The van der Waals surface area contributed by atoms with Gasteiger partial charge in [0.25, 0.3) is 5.91 Å². The van der Waals surface area contributed by atoms with E-state index >= 15 is 0 Å². The van der Waals surface area contributed by atoms with E-state index in [4.69, 9.17) is 4.74 Å². The number of nitrogens with one attached hydrogen (secondary N) is 1. The molecule has 3 heterocycles. The summed E-state index contributed by atoms with van der Waals surface area (Å²) in [6, 6.07) is 13.2. The molecule has 3 aliphatic rings. The normalized spacial score (nSPS) is 19.1. The molecule has 1 atom stereocenters. The first-order chi connectivity index (χ1) is 19.4. The van der Waals surface area contributed by atoms with E-state index in [-0.39, 0.29) is 23.7 Å². The van der Waals surface area contributed by atoms with Crippen LogP contribution in [0, 0.1) is 5.41 Å². The minimum Gasteiger partial charge on any atom is -0.380 e. The van der Waals surface area contributed by atoms with E-state index < -0.39 is 6.04 Å². The molecule has 0 saturated carbocycles. The number of hydrogen-bond acceptors (Lipinski definition) is 7. The highest BCUT2D eigenvalue weighted by Crippen LogP contribution is 2.36. The Bertz CT molecular complexity index is 1230. The predicted octanol–water partition coefficient (Wildman–Crippen LogP) is 2.32. The van der Waals surface area contributed by atoms with E-state index in [2.05, 4.69) is 33.3 Å². The third-order valence-corrected chi connectivity index (χ3v) is 8.61. The smallest absolute Gasteiger partial charge is 0.255 e. The maximum absolute atomic E-state index is 13.1. The number of fused-ring (bicyclic) bond motifs is 1. The number of piperazine rings is 1. The Morgan fingerprint density at radius 1 is 1.07 bits per heavy atom. The minimum absolute atomic E-state index is 0.153. The van der Waals surface area contributed by atoms with Crippen LogP contribution in [0.1, 0.15) is 51.1 Å². The summed E-state index contributed by atoms with van der Waals surface area (Å²) in [6.07, 6.45) is 4.26. The number of anilines is 1. The molecule has 3 aliphatic heterocycles. The monoisotopic (exact) mass is 546 g/mol. The van der Waals surface area contributed by atoms with Crippen molar-refractivity contribution < 1.29 is 23.9 Å². The van der Waals surface area contributed by atoms with Crippen molar-refractivity contribution in [3.8, 4) is 0 Å². The van der Waals surface area contributed by atoms with Gasteiger partial charge in [-0.15, -0.1) is 0 Å². The zero-order valence-corrected chi connectivity index (χ0v) is 23.1. The predicted molar refractivity (Wildman–Crippen MR) is 152 cm³/mol. The molecule has 2 saturated heterocycles. The lowest BCUT2D eigenvalue weighted by Crippen LogP contribution is -2.50.